The second-order valence-corrected chi connectivity index (χ2v) is 4.26. The van der Waals surface area contributed by atoms with Gasteiger partial charge in [-0.2, -0.15) is 0 Å². The number of benzene rings is 1. The maximum atomic E-state index is 11.4. The average molecular weight is 217 g/mol. The summed E-state index contributed by atoms with van der Waals surface area (Å²) >= 11 is 0. The predicted molar refractivity (Wildman–Crippen MR) is 62.6 cm³/mol. The Hall–Kier alpha value is -1.64. The molecule has 2 rings (SSSR count). The highest BCUT2D eigenvalue weighted by Gasteiger charge is 2.22. The number of anilines is 1. The van der Waals surface area contributed by atoms with Crippen molar-refractivity contribution in [2.24, 2.45) is 0 Å². The molecule has 0 saturated heterocycles. The number of fused-ring (bicyclic) bond motifs is 1. The highest BCUT2D eigenvalue weighted by atomic mass is 16.1. The lowest BCUT2D eigenvalue weighted by Gasteiger charge is -2.13. The van der Waals surface area contributed by atoms with E-state index in [1.807, 2.05) is 13.8 Å². The summed E-state index contributed by atoms with van der Waals surface area (Å²) in [5, 5.41) is 2.89. The zero-order valence-electron chi connectivity index (χ0n) is 9.59. The quantitative estimate of drug-likeness (QED) is 0.786. The van der Waals surface area contributed by atoms with Gasteiger partial charge < -0.3 is 10.1 Å². The largest absolute Gasteiger partial charge is 0.325 e. The number of hydrogen-bond donors (Lipinski definition) is 1. The summed E-state index contributed by atoms with van der Waals surface area (Å²) in [5.41, 5.74) is 5.50. The Bertz CT molecular complexity index is 463. The molecule has 1 N–H and O–H groups in total. The van der Waals surface area contributed by atoms with Crippen LogP contribution in [0.3, 0.4) is 0 Å². The fraction of sp³-hybridized carbons (Fsp3) is 0.385. The first-order chi connectivity index (χ1) is 7.63. The van der Waals surface area contributed by atoms with Gasteiger partial charge in [0.1, 0.15) is 6.29 Å². The summed E-state index contributed by atoms with van der Waals surface area (Å²) in [7, 11) is 0. The van der Waals surface area contributed by atoms with Crippen LogP contribution >= 0.6 is 0 Å². The number of nitrogens with one attached hydrogen (secondary N) is 1. The molecule has 0 unspecified atom stereocenters. The molecule has 0 atom stereocenters. The zero-order chi connectivity index (χ0) is 11.7. The molecule has 1 heterocycles. The van der Waals surface area contributed by atoms with Crippen molar-refractivity contribution >= 4 is 17.9 Å². The number of aryl methyl sites for hydroxylation is 1. The smallest absolute Gasteiger partial charge is 0.228 e. The molecule has 1 aromatic rings. The monoisotopic (exact) mass is 217 g/mol. The Morgan fingerprint density at radius 2 is 2.19 bits per heavy atom. The summed E-state index contributed by atoms with van der Waals surface area (Å²) in [5.74, 6) is 0.0485. The fourth-order valence-corrected chi connectivity index (χ4v) is 2.23. The van der Waals surface area contributed by atoms with Crippen molar-refractivity contribution in [2.45, 2.75) is 33.1 Å². The Labute approximate surface area is 94.9 Å². The molecule has 3 heteroatoms. The topological polar surface area (TPSA) is 46.2 Å². The van der Waals surface area contributed by atoms with Gasteiger partial charge in [0.2, 0.25) is 5.91 Å². The first-order valence-electron chi connectivity index (χ1n) is 5.49. The first-order valence-corrected chi connectivity index (χ1v) is 5.49. The minimum Gasteiger partial charge on any atom is -0.325 e. The van der Waals surface area contributed by atoms with E-state index in [0.29, 0.717) is 19.3 Å². The van der Waals surface area contributed by atoms with Gasteiger partial charge in [-0.15, -0.1) is 0 Å². The molecule has 0 fully saturated rings. The van der Waals surface area contributed by atoms with E-state index in [1.54, 1.807) is 0 Å². The Morgan fingerprint density at radius 1 is 1.44 bits per heavy atom. The third-order valence-corrected chi connectivity index (χ3v) is 3.19. The van der Waals surface area contributed by atoms with E-state index in [1.165, 1.54) is 11.1 Å². The summed E-state index contributed by atoms with van der Waals surface area (Å²) in [6.45, 7) is 4.09. The van der Waals surface area contributed by atoms with Gasteiger partial charge in [-0.1, -0.05) is 6.07 Å². The Kier molecular flexibility index (Phi) is 2.77. The molecule has 16 heavy (non-hydrogen) atoms. The van der Waals surface area contributed by atoms with Crippen LogP contribution in [0.5, 0.6) is 0 Å². The minimum atomic E-state index is 0.0485. The second-order valence-electron chi connectivity index (χ2n) is 4.26. The highest BCUT2D eigenvalue weighted by molar-refractivity contribution is 6.00. The van der Waals surface area contributed by atoms with E-state index in [9.17, 15) is 9.59 Å². The van der Waals surface area contributed by atoms with Gasteiger partial charge in [0.25, 0.3) is 0 Å². The number of carbonyl (C=O) groups is 2. The number of carbonyl (C=O) groups excluding carboxylic acids is 2. The molecule has 1 aliphatic rings. The summed E-state index contributed by atoms with van der Waals surface area (Å²) in [6, 6.07) is 2.06. The second kappa shape index (κ2) is 4.08. The van der Waals surface area contributed by atoms with Crippen LogP contribution in [0.15, 0.2) is 6.07 Å². The van der Waals surface area contributed by atoms with Crippen LogP contribution in [0, 0.1) is 13.8 Å². The SMILES string of the molecule is Cc1cc2c(c(CCC=O)c1C)NC(=O)C2. The molecular weight excluding hydrogens is 202 g/mol. The summed E-state index contributed by atoms with van der Waals surface area (Å²) in [6.07, 6.45) is 2.60. The van der Waals surface area contributed by atoms with Crippen LogP contribution in [0.1, 0.15) is 28.7 Å². The lowest BCUT2D eigenvalue weighted by atomic mass is 9.94. The van der Waals surface area contributed by atoms with Crippen LogP contribution in [0.25, 0.3) is 0 Å². The van der Waals surface area contributed by atoms with E-state index < -0.39 is 0 Å². The molecular formula is C13H15NO2. The van der Waals surface area contributed by atoms with Crippen LogP contribution in [0.2, 0.25) is 0 Å². The van der Waals surface area contributed by atoms with Gasteiger partial charge in [-0.05, 0) is 42.5 Å². The van der Waals surface area contributed by atoms with Crippen molar-refractivity contribution in [2.75, 3.05) is 5.32 Å². The predicted octanol–water partition coefficient (Wildman–Crippen LogP) is 1.93. The molecule has 1 aromatic carbocycles. The van der Waals surface area contributed by atoms with Gasteiger partial charge in [-0.25, -0.2) is 0 Å². The minimum absolute atomic E-state index is 0.0485. The maximum absolute atomic E-state index is 11.4. The van der Waals surface area contributed by atoms with Gasteiger partial charge in [0.05, 0.1) is 6.42 Å². The van der Waals surface area contributed by atoms with Gasteiger partial charge in [0, 0.05) is 12.1 Å². The Balaban J connectivity index is 2.49. The van der Waals surface area contributed by atoms with E-state index in [2.05, 4.69) is 11.4 Å². The van der Waals surface area contributed by atoms with Crippen molar-refractivity contribution in [1.29, 1.82) is 0 Å². The summed E-state index contributed by atoms with van der Waals surface area (Å²) in [4.78, 5) is 21.8. The van der Waals surface area contributed by atoms with E-state index in [-0.39, 0.29) is 5.91 Å². The molecule has 84 valence electrons. The molecule has 1 aliphatic heterocycles. The molecule has 0 aliphatic carbocycles. The van der Waals surface area contributed by atoms with Gasteiger partial charge in [0.15, 0.2) is 0 Å². The highest BCUT2D eigenvalue weighted by Crippen LogP contribution is 2.32. The third kappa shape index (κ3) is 1.73. The molecule has 0 saturated carbocycles. The molecule has 1 amide bonds. The van der Waals surface area contributed by atoms with Crippen molar-refractivity contribution in [3.63, 3.8) is 0 Å². The maximum Gasteiger partial charge on any atom is 0.228 e. The fourth-order valence-electron chi connectivity index (χ4n) is 2.23. The van der Waals surface area contributed by atoms with Crippen LogP contribution in [-0.2, 0) is 22.4 Å². The van der Waals surface area contributed by atoms with Gasteiger partial charge >= 0.3 is 0 Å². The standard InChI is InChI=1S/C13H15NO2/c1-8-6-10-7-12(16)14-13(10)11(9(8)2)4-3-5-15/h5-6H,3-4,7H2,1-2H3,(H,14,16). The van der Waals surface area contributed by atoms with Crippen molar-refractivity contribution < 1.29 is 9.59 Å². The zero-order valence-corrected chi connectivity index (χ0v) is 9.59. The number of rotatable bonds is 3. The van der Waals surface area contributed by atoms with E-state index in [0.717, 1.165) is 23.1 Å². The van der Waals surface area contributed by atoms with Gasteiger partial charge in [-0.3, -0.25) is 4.79 Å². The van der Waals surface area contributed by atoms with Crippen LogP contribution in [0.4, 0.5) is 5.69 Å². The number of amides is 1. The van der Waals surface area contributed by atoms with Crippen molar-refractivity contribution in [3.8, 4) is 0 Å². The normalized spacial score (nSPS) is 13.5. The summed E-state index contributed by atoms with van der Waals surface area (Å²) < 4.78 is 0. The van der Waals surface area contributed by atoms with E-state index in [4.69, 9.17) is 0 Å². The number of hydrogen-bond acceptors (Lipinski definition) is 2. The molecule has 0 bridgehead atoms. The molecule has 3 nitrogen and oxygen atoms in total. The Morgan fingerprint density at radius 3 is 2.88 bits per heavy atom. The van der Waals surface area contributed by atoms with Crippen LogP contribution in [-0.4, -0.2) is 12.2 Å². The lowest BCUT2D eigenvalue weighted by molar-refractivity contribution is -0.115. The van der Waals surface area contributed by atoms with Crippen molar-refractivity contribution in [3.05, 3.63) is 28.3 Å². The number of aldehydes is 1. The van der Waals surface area contributed by atoms with E-state index >= 15 is 0 Å². The lowest BCUT2D eigenvalue weighted by Crippen LogP contribution is -2.06. The van der Waals surface area contributed by atoms with Crippen molar-refractivity contribution in [1.82, 2.24) is 0 Å². The molecule has 0 radical (unpaired) electrons. The third-order valence-electron chi connectivity index (χ3n) is 3.19. The average Bonchev–Trinajstić information content (AvgIpc) is 2.59. The van der Waals surface area contributed by atoms with Crippen LogP contribution < -0.4 is 5.32 Å². The first kappa shape index (κ1) is 10.9. The molecule has 0 spiro atoms. The molecule has 0 aromatic heterocycles.